The summed E-state index contributed by atoms with van der Waals surface area (Å²) in [6.45, 7) is 9.41. The molecule has 0 atom stereocenters. The molecule has 0 aliphatic carbocycles. The van der Waals surface area contributed by atoms with Crippen LogP contribution in [0, 0.1) is 0 Å². The summed E-state index contributed by atoms with van der Waals surface area (Å²) in [5.41, 5.74) is 0.792. The van der Waals surface area contributed by atoms with Crippen LogP contribution in [0.3, 0.4) is 0 Å². The second kappa shape index (κ2) is 9.43. The average molecular weight is 307 g/mol. The van der Waals surface area contributed by atoms with Crippen LogP contribution in [0.2, 0.25) is 0 Å². The molecule has 0 unspecified atom stereocenters. The van der Waals surface area contributed by atoms with Crippen molar-refractivity contribution in [2.75, 3.05) is 33.3 Å². The average Bonchev–Trinajstić information content (AvgIpc) is 2.46. The third kappa shape index (κ3) is 8.00. The molecule has 0 spiro atoms. The van der Waals surface area contributed by atoms with Gasteiger partial charge >= 0.3 is 0 Å². The number of hydrogen-bond acceptors (Lipinski definition) is 4. The molecular formula is C17H29N3O2. The molecule has 0 radical (unpaired) electrons. The fourth-order valence-electron chi connectivity index (χ4n) is 1.83. The summed E-state index contributed by atoms with van der Waals surface area (Å²) in [5, 5.41) is 9.25. The van der Waals surface area contributed by atoms with Crippen molar-refractivity contribution in [1.82, 2.24) is 16.0 Å². The van der Waals surface area contributed by atoms with Gasteiger partial charge in [-0.3, -0.25) is 4.79 Å². The van der Waals surface area contributed by atoms with Gasteiger partial charge in [0.15, 0.2) is 0 Å². The lowest BCUT2D eigenvalue weighted by atomic mass is 10.1. The summed E-state index contributed by atoms with van der Waals surface area (Å²) in [5.74, 6) is 0.735. The van der Waals surface area contributed by atoms with Gasteiger partial charge < -0.3 is 20.7 Å². The number of rotatable bonds is 9. The number of likely N-dealkylation sites (N-methyl/N-ethyl adjacent to an activating group) is 1. The number of nitrogens with one attached hydrogen (secondary N) is 3. The Hall–Kier alpha value is -1.59. The van der Waals surface area contributed by atoms with Gasteiger partial charge in [0.2, 0.25) is 0 Å². The zero-order valence-corrected chi connectivity index (χ0v) is 14.2. The molecule has 5 heteroatoms. The minimum absolute atomic E-state index is 0.0591. The van der Waals surface area contributed by atoms with Crippen molar-refractivity contribution < 1.29 is 9.53 Å². The van der Waals surface area contributed by atoms with Gasteiger partial charge in [-0.1, -0.05) is 0 Å². The maximum absolute atomic E-state index is 11.8. The van der Waals surface area contributed by atoms with Gasteiger partial charge in [0, 0.05) is 24.2 Å². The summed E-state index contributed by atoms with van der Waals surface area (Å²) in [7, 11) is 1.86. The maximum Gasteiger partial charge on any atom is 0.251 e. The highest BCUT2D eigenvalue weighted by molar-refractivity contribution is 5.94. The lowest BCUT2D eigenvalue weighted by Gasteiger charge is -2.20. The molecule has 3 N–H and O–H groups in total. The molecule has 124 valence electrons. The molecule has 5 nitrogen and oxygen atoms in total. The van der Waals surface area contributed by atoms with Crippen LogP contribution in [0.25, 0.3) is 0 Å². The molecule has 0 bridgehead atoms. The number of carbonyl (C=O) groups is 1. The largest absolute Gasteiger partial charge is 0.494 e. The van der Waals surface area contributed by atoms with Gasteiger partial charge in [0.25, 0.3) is 5.91 Å². The first-order valence-electron chi connectivity index (χ1n) is 7.83. The second-order valence-electron chi connectivity index (χ2n) is 6.26. The highest BCUT2D eigenvalue weighted by Crippen LogP contribution is 2.12. The van der Waals surface area contributed by atoms with Gasteiger partial charge in [-0.15, -0.1) is 0 Å². The van der Waals surface area contributed by atoms with Crippen LogP contribution in [0.4, 0.5) is 0 Å². The molecule has 1 aromatic carbocycles. The predicted molar refractivity (Wildman–Crippen MR) is 90.6 cm³/mol. The van der Waals surface area contributed by atoms with E-state index in [-0.39, 0.29) is 11.4 Å². The van der Waals surface area contributed by atoms with E-state index in [0.717, 1.165) is 25.3 Å². The van der Waals surface area contributed by atoms with Crippen LogP contribution >= 0.6 is 0 Å². The third-order valence-corrected chi connectivity index (χ3v) is 3.02. The molecule has 0 aliphatic rings. The summed E-state index contributed by atoms with van der Waals surface area (Å²) in [6.07, 6.45) is 0.948. The van der Waals surface area contributed by atoms with Crippen molar-refractivity contribution in [2.45, 2.75) is 32.7 Å². The molecule has 22 heavy (non-hydrogen) atoms. The topological polar surface area (TPSA) is 62.4 Å². The Labute approximate surface area is 133 Å². The summed E-state index contributed by atoms with van der Waals surface area (Å²) < 4.78 is 5.67. The first-order chi connectivity index (χ1) is 10.4. The smallest absolute Gasteiger partial charge is 0.251 e. The Morgan fingerprint density at radius 3 is 2.36 bits per heavy atom. The first-order valence-corrected chi connectivity index (χ1v) is 7.83. The van der Waals surface area contributed by atoms with Crippen molar-refractivity contribution in [3.8, 4) is 5.75 Å². The van der Waals surface area contributed by atoms with E-state index in [0.29, 0.717) is 18.7 Å². The monoisotopic (exact) mass is 307 g/mol. The van der Waals surface area contributed by atoms with Crippen LogP contribution in [0.5, 0.6) is 5.75 Å². The zero-order valence-electron chi connectivity index (χ0n) is 14.2. The van der Waals surface area contributed by atoms with Crippen molar-refractivity contribution in [3.63, 3.8) is 0 Å². The van der Waals surface area contributed by atoms with Crippen molar-refractivity contribution in [2.24, 2.45) is 0 Å². The number of hydrogen-bond donors (Lipinski definition) is 3. The van der Waals surface area contributed by atoms with E-state index < -0.39 is 0 Å². The quantitative estimate of drug-likeness (QED) is 0.609. The van der Waals surface area contributed by atoms with Gasteiger partial charge in [-0.05, 0) is 65.0 Å². The lowest BCUT2D eigenvalue weighted by Crippen LogP contribution is -2.36. The Morgan fingerprint density at radius 1 is 1.09 bits per heavy atom. The summed E-state index contributed by atoms with van der Waals surface area (Å²) >= 11 is 0. The first kappa shape index (κ1) is 18.5. The molecule has 1 aromatic rings. The Balaban J connectivity index is 2.28. The fraction of sp³-hybridized carbons (Fsp3) is 0.588. The highest BCUT2D eigenvalue weighted by atomic mass is 16.5. The van der Waals surface area contributed by atoms with Crippen LogP contribution in [0.15, 0.2) is 24.3 Å². The van der Waals surface area contributed by atoms with Gasteiger partial charge in [0.1, 0.15) is 5.75 Å². The molecule has 0 aromatic heterocycles. The molecule has 1 amide bonds. The lowest BCUT2D eigenvalue weighted by molar-refractivity contribution is 0.0954. The van der Waals surface area contributed by atoms with Crippen LogP contribution in [-0.4, -0.2) is 44.7 Å². The molecule has 0 saturated heterocycles. The van der Waals surface area contributed by atoms with E-state index in [4.69, 9.17) is 4.74 Å². The Kier molecular flexibility index (Phi) is 7.91. The van der Waals surface area contributed by atoms with E-state index in [1.54, 1.807) is 12.1 Å². The van der Waals surface area contributed by atoms with Crippen LogP contribution in [0.1, 0.15) is 37.6 Å². The van der Waals surface area contributed by atoms with E-state index in [2.05, 4.69) is 36.7 Å². The van der Waals surface area contributed by atoms with Gasteiger partial charge in [0.05, 0.1) is 6.61 Å². The van der Waals surface area contributed by atoms with Crippen LogP contribution < -0.4 is 20.7 Å². The normalized spacial score (nSPS) is 11.3. The molecule has 0 saturated carbocycles. The van der Waals surface area contributed by atoms with Crippen molar-refractivity contribution >= 4 is 5.91 Å². The molecule has 0 heterocycles. The number of carbonyl (C=O) groups excluding carboxylic acids is 1. The molecular weight excluding hydrogens is 278 g/mol. The molecule has 1 rings (SSSR count). The SMILES string of the molecule is CNCCNC(=O)c1ccc(OCCCNC(C)(C)C)cc1. The van der Waals surface area contributed by atoms with E-state index in [1.807, 2.05) is 19.2 Å². The summed E-state index contributed by atoms with van der Waals surface area (Å²) in [4.78, 5) is 11.8. The van der Waals surface area contributed by atoms with E-state index in [9.17, 15) is 4.79 Å². The Bertz CT molecular complexity index is 438. The number of amides is 1. The fourth-order valence-corrected chi connectivity index (χ4v) is 1.83. The van der Waals surface area contributed by atoms with Crippen LogP contribution in [-0.2, 0) is 0 Å². The van der Waals surface area contributed by atoms with E-state index in [1.165, 1.54) is 0 Å². The number of benzene rings is 1. The highest BCUT2D eigenvalue weighted by Gasteiger charge is 2.07. The predicted octanol–water partition coefficient (Wildman–Crippen LogP) is 1.79. The molecule has 0 aliphatic heterocycles. The van der Waals surface area contributed by atoms with Gasteiger partial charge in [-0.25, -0.2) is 0 Å². The third-order valence-electron chi connectivity index (χ3n) is 3.02. The standard InChI is InChI=1S/C17H29N3O2/c1-17(2,3)20-10-5-13-22-15-8-6-14(7-9-15)16(21)19-12-11-18-4/h6-9,18,20H,5,10-13H2,1-4H3,(H,19,21). The van der Waals surface area contributed by atoms with Crippen molar-refractivity contribution in [3.05, 3.63) is 29.8 Å². The maximum atomic E-state index is 11.8. The zero-order chi connectivity index (χ0) is 16.4. The minimum atomic E-state index is -0.0591. The Morgan fingerprint density at radius 2 is 1.77 bits per heavy atom. The second-order valence-corrected chi connectivity index (χ2v) is 6.26. The van der Waals surface area contributed by atoms with Crippen molar-refractivity contribution in [1.29, 1.82) is 0 Å². The van der Waals surface area contributed by atoms with Gasteiger partial charge in [-0.2, -0.15) is 0 Å². The van der Waals surface area contributed by atoms with E-state index >= 15 is 0 Å². The molecule has 0 fully saturated rings. The number of ether oxygens (including phenoxy) is 1. The minimum Gasteiger partial charge on any atom is -0.494 e. The summed E-state index contributed by atoms with van der Waals surface area (Å²) in [6, 6.07) is 7.25.